The van der Waals surface area contributed by atoms with E-state index in [1.54, 1.807) is 13.2 Å². The summed E-state index contributed by atoms with van der Waals surface area (Å²) in [6.07, 6.45) is 10.3. The topological polar surface area (TPSA) is 50.0 Å². The van der Waals surface area contributed by atoms with Crippen LogP contribution in [-0.4, -0.2) is 33.9 Å². The number of anilines is 1. The molecule has 0 spiro atoms. The first-order valence-electron chi connectivity index (χ1n) is 10.4. The average molecular weight is 432 g/mol. The van der Waals surface area contributed by atoms with Gasteiger partial charge in [-0.2, -0.15) is 4.98 Å². The van der Waals surface area contributed by atoms with E-state index in [4.69, 9.17) is 32.9 Å². The van der Waals surface area contributed by atoms with Gasteiger partial charge >= 0.3 is 0 Å². The van der Waals surface area contributed by atoms with E-state index < -0.39 is 0 Å². The molecule has 7 heteroatoms. The number of benzene rings is 1. The Hall–Kier alpha value is -1.85. The van der Waals surface area contributed by atoms with E-state index >= 15 is 0 Å². The number of nitrogens with one attached hydrogen (secondary N) is 1. The lowest BCUT2D eigenvalue weighted by Gasteiger charge is -2.31. The molecule has 1 saturated heterocycles. The zero-order chi connectivity index (χ0) is 20.0. The van der Waals surface area contributed by atoms with Gasteiger partial charge in [-0.05, 0) is 23.6 Å². The maximum absolute atomic E-state index is 6.11. The second-order valence-corrected chi connectivity index (χ2v) is 9.14. The molecule has 3 aliphatic rings. The highest BCUT2D eigenvalue weighted by Gasteiger charge is 2.52. The number of nitrogens with zero attached hydrogens (tertiary/aromatic N) is 3. The van der Waals surface area contributed by atoms with Gasteiger partial charge in [0.2, 0.25) is 11.8 Å². The van der Waals surface area contributed by atoms with Gasteiger partial charge in [-0.1, -0.05) is 55.0 Å². The SMILES string of the molecule is COc1nc(NCc2ccc(Cl)c(Cl)c2)nc2c1C1CC(CC3CCCC3)[N+]1=C2. The van der Waals surface area contributed by atoms with Gasteiger partial charge in [0.25, 0.3) is 0 Å². The van der Waals surface area contributed by atoms with Gasteiger partial charge in [-0.15, -0.1) is 0 Å². The van der Waals surface area contributed by atoms with Crippen LogP contribution in [0.5, 0.6) is 5.88 Å². The molecule has 1 aliphatic carbocycles. The van der Waals surface area contributed by atoms with Gasteiger partial charge in [-0.3, -0.25) is 0 Å². The fourth-order valence-electron chi connectivity index (χ4n) is 5.01. The van der Waals surface area contributed by atoms with Crippen LogP contribution in [0.4, 0.5) is 5.95 Å². The standard InChI is InChI=1S/C22H25Cl2N4O/c1-29-21-20-18(12-28-15(10-19(20)28)8-13-4-2-3-5-13)26-22(27-21)25-11-14-6-7-16(23)17(24)9-14/h6-7,9,12-13,15,19H,2-5,8,10-11H2,1H3,(H,25,26,27)/q+1. The molecule has 29 heavy (non-hydrogen) atoms. The van der Waals surface area contributed by atoms with Gasteiger partial charge in [0.1, 0.15) is 11.3 Å². The third-order valence-corrected chi connectivity index (χ3v) is 7.27. The Labute approximate surface area is 181 Å². The third kappa shape index (κ3) is 3.59. The summed E-state index contributed by atoms with van der Waals surface area (Å²) in [5, 5.41) is 4.39. The van der Waals surface area contributed by atoms with Crippen LogP contribution in [0.1, 0.15) is 61.4 Å². The quantitative estimate of drug-likeness (QED) is 0.634. The minimum absolute atomic E-state index is 0.371. The van der Waals surface area contributed by atoms with Crippen LogP contribution in [0.15, 0.2) is 18.2 Å². The molecule has 3 heterocycles. The molecule has 2 fully saturated rings. The largest absolute Gasteiger partial charge is 0.480 e. The maximum Gasteiger partial charge on any atom is 0.228 e. The minimum atomic E-state index is 0.371. The van der Waals surface area contributed by atoms with Gasteiger partial charge in [0.05, 0.1) is 23.6 Å². The third-order valence-electron chi connectivity index (χ3n) is 6.53. The maximum atomic E-state index is 6.11. The lowest BCUT2D eigenvalue weighted by Crippen LogP contribution is -2.42. The average Bonchev–Trinajstić information content (AvgIpc) is 3.32. The molecule has 0 amide bonds. The number of rotatable bonds is 6. The van der Waals surface area contributed by atoms with Crippen molar-refractivity contribution in [3.63, 3.8) is 0 Å². The van der Waals surface area contributed by atoms with Crippen molar-refractivity contribution in [2.24, 2.45) is 5.92 Å². The molecule has 1 N–H and O–H groups in total. The van der Waals surface area contributed by atoms with Crippen molar-refractivity contribution in [3.05, 3.63) is 45.1 Å². The lowest BCUT2D eigenvalue weighted by atomic mass is 9.85. The monoisotopic (exact) mass is 431 g/mol. The molecule has 0 bridgehead atoms. The second-order valence-electron chi connectivity index (χ2n) is 8.33. The molecule has 1 saturated carbocycles. The minimum Gasteiger partial charge on any atom is -0.480 e. The number of ether oxygens (including phenoxy) is 1. The molecule has 2 aromatic rings. The fourth-order valence-corrected chi connectivity index (χ4v) is 5.33. The second kappa shape index (κ2) is 7.77. The van der Waals surface area contributed by atoms with Gasteiger partial charge in [0, 0.05) is 13.0 Å². The van der Waals surface area contributed by atoms with E-state index in [1.807, 2.05) is 12.1 Å². The van der Waals surface area contributed by atoms with E-state index in [0.29, 0.717) is 40.5 Å². The first-order chi connectivity index (χ1) is 14.1. The van der Waals surface area contributed by atoms with Crippen molar-refractivity contribution < 1.29 is 9.31 Å². The van der Waals surface area contributed by atoms with E-state index in [0.717, 1.165) is 22.7 Å². The van der Waals surface area contributed by atoms with Crippen molar-refractivity contribution in [2.45, 2.75) is 57.2 Å². The Morgan fingerprint density at radius 1 is 1.17 bits per heavy atom. The molecule has 1 aromatic carbocycles. The van der Waals surface area contributed by atoms with E-state index in [1.165, 1.54) is 38.5 Å². The molecule has 0 radical (unpaired) electrons. The van der Waals surface area contributed by atoms with Crippen LogP contribution in [0, 0.1) is 5.92 Å². The molecule has 5 nitrogen and oxygen atoms in total. The predicted octanol–water partition coefficient (Wildman–Crippen LogP) is 5.24. The van der Waals surface area contributed by atoms with Crippen LogP contribution in [-0.2, 0) is 6.54 Å². The van der Waals surface area contributed by atoms with Crippen molar-refractivity contribution in [1.82, 2.24) is 9.97 Å². The first-order valence-corrected chi connectivity index (χ1v) is 11.1. The zero-order valence-corrected chi connectivity index (χ0v) is 18.0. The number of halogens is 2. The Morgan fingerprint density at radius 3 is 2.76 bits per heavy atom. The molecule has 2 atom stereocenters. The summed E-state index contributed by atoms with van der Waals surface area (Å²) in [6, 6.07) is 6.60. The number of fused-ring (bicyclic) bond motifs is 3. The lowest BCUT2D eigenvalue weighted by molar-refractivity contribution is -0.666. The molecular formula is C22H25Cl2N4O+. The number of hydrogen-bond acceptors (Lipinski definition) is 4. The van der Waals surface area contributed by atoms with Crippen LogP contribution in [0.25, 0.3) is 0 Å². The van der Waals surface area contributed by atoms with E-state index in [-0.39, 0.29) is 0 Å². The van der Waals surface area contributed by atoms with E-state index in [2.05, 4.69) is 21.1 Å². The smallest absolute Gasteiger partial charge is 0.228 e. The molecule has 1 aromatic heterocycles. The summed E-state index contributed by atoms with van der Waals surface area (Å²) >= 11 is 12.1. The molecule has 152 valence electrons. The highest BCUT2D eigenvalue weighted by atomic mass is 35.5. The first kappa shape index (κ1) is 19.1. The van der Waals surface area contributed by atoms with Crippen molar-refractivity contribution in [3.8, 4) is 5.88 Å². The Kier molecular flexibility index (Phi) is 5.12. The van der Waals surface area contributed by atoms with Crippen LogP contribution < -0.4 is 10.1 Å². The normalized spacial score (nSPS) is 22.7. The molecular weight excluding hydrogens is 407 g/mol. The summed E-state index contributed by atoms with van der Waals surface area (Å²) in [6.45, 7) is 0.566. The predicted molar refractivity (Wildman–Crippen MR) is 116 cm³/mol. The van der Waals surface area contributed by atoms with Crippen molar-refractivity contribution in [1.29, 1.82) is 0 Å². The molecule has 5 rings (SSSR count). The summed E-state index contributed by atoms with van der Waals surface area (Å²) in [5.41, 5.74) is 3.13. The summed E-state index contributed by atoms with van der Waals surface area (Å²) in [7, 11) is 1.68. The van der Waals surface area contributed by atoms with Crippen molar-refractivity contribution >= 4 is 35.4 Å². The number of methoxy groups -OCH3 is 1. The van der Waals surface area contributed by atoms with Crippen molar-refractivity contribution in [2.75, 3.05) is 12.4 Å². The Morgan fingerprint density at radius 2 is 2.00 bits per heavy atom. The number of aromatic nitrogens is 2. The van der Waals surface area contributed by atoms with Crippen LogP contribution in [0.2, 0.25) is 10.0 Å². The summed E-state index contributed by atoms with van der Waals surface area (Å²) < 4.78 is 8.10. The zero-order valence-electron chi connectivity index (χ0n) is 16.5. The Bertz CT molecular complexity index is 972. The summed E-state index contributed by atoms with van der Waals surface area (Å²) in [4.78, 5) is 9.38. The number of hydrogen-bond donors (Lipinski definition) is 1. The molecule has 2 unspecified atom stereocenters. The fraction of sp³-hybridized carbons (Fsp3) is 0.500. The Balaban J connectivity index is 1.33. The van der Waals surface area contributed by atoms with Crippen LogP contribution in [0.3, 0.4) is 0 Å². The highest BCUT2D eigenvalue weighted by Crippen LogP contribution is 2.46. The van der Waals surface area contributed by atoms with Gasteiger partial charge < -0.3 is 10.1 Å². The highest BCUT2D eigenvalue weighted by molar-refractivity contribution is 6.42. The van der Waals surface area contributed by atoms with E-state index in [9.17, 15) is 0 Å². The summed E-state index contributed by atoms with van der Waals surface area (Å²) in [5.74, 6) is 2.14. The van der Waals surface area contributed by atoms with Crippen LogP contribution >= 0.6 is 23.2 Å². The van der Waals surface area contributed by atoms with Gasteiger partial charge in [0.15, 0.2) is 18.3 Å². The van der Waals surface area contributed by atoms with Gasteiger partial charge in [-0.25, -0.2) is 9.56 Å². The molecule has 2 aliphatic heterocycles.